The maximum absolute atomic E-state index is 13.2. The molecule has 0 aliphatic carbocycles. The van der Waals surface area contributed by atoms with Crippen LogP contribution in [0.5, 0.6) is 11.5 Å². The second-order valence-electron chi connectivity index (χ2n) is 11.4. The molecule has 0 atom stereocenters. The van der Waals surface area contributed by atoms with Gasteiger partial charge in [-0.25, -0.2) is 0 Å². The number of Topliss-reactive ketones (excluding diaryl/α,β-unsaturated/α-hetero) is 1. The molecular weight excluding hydrogens is 557 g/mol. The highest BCUT2D eigenvalue weighted by atomic mass is 19.4. The molecule has 2 saturated heterocycles. The van der Waals surface area contributed by atoms with E-state index in [1.165, 1.54) is 19.1 Å². The van der Waals surface area contributed by atoms with Crippen LogP contribution in [0.2, 0.25) is 0 Å². The van der Waals surface area contributed by atoms with Crippen molar-refractivity contribution >= 4 is 17.4 Å². The molecule has 2 heterocycles. The molecule has 3 aromatic carbocycles. The Bertz CT molecular complexity index is 1430. The summed E-state index contributed by atoms with van der Waals surface area (Å²) >= 11 is 0. The van der Waals surface area contributed by atoms with Gasteiger partial charge in [0.1, 0.15) is 11.5 Å². The first-order valence-corrected chi connectivity index (χ1v) is 14.8. The van der Waals surface area contributed by atoms with E-state index in [0.717, 1.165) is 49.3 Å². The van der Waals surface area contributed by atoms with Crippen molar-refractivity contribution in [3.63, 3.8) is 0 Å². The summed E-state index contributed by atoms with van der Waals surface area (Å²) in [6.45, 7) is 9.07. The topological polar surface area (TPSA) is 59.1 Å². The number of ether oxygens (including phenoxy) is 2. The third kappa shape index (κ3) is 6.72. The molecule has 0 aromatic heterocycles. The minimum atomic E-state index is -4.41. The predicted octanol–water partition coefficient (Wildman–Crippen LogP) is 7.39. The molecule has 43 heavy (non-hydrogen) atoms. The van der Waals surface area contributed by atoms with Gasteiger partial charge in [0.15, 0.2) is 5.78 Å². The van der Waals surface area contributed by atoms with Crippen molar-refractivity contribution in [3.05, 3.63) is 77.4 Å². The molecule has 2 aliphatic rings. The number of benzene rings is 3. The summed E-state index contributed by atoms with van der Waals surface area (Å²) in [6, 6.07) is 16.2. The second-order valence-corrected chi connectivity index (χ2v) is 11.4. The molecule has 1 amide bonds. The number of anilines is 1. The fraction of sp³-hybridized carbons (Fsp3) is 0.412. The van der Waals surface area contributed by atoms with Crippen LogP contribution in [-0.4, -0.2) is 49.4 Å². The first kappa shape index (κ1) is 30.6. The van der Waals surface area contributed by atoms with E-state index < -0.39 is 11.7 Å². The monoisotopic (exact) mass is 594 g/mol. The third-order valence-corrected chi connectivity index (χ3v) is 8.46. The van der Waals surface area contributed by atoms with Crippen LogP contribution in [0.15, 0.2) is 60.7 Å². The van der Waals surface area contributed by atoms with E-state index in [4.69, 9.17) is 9.47 Å². The molecule has 1 spiro atoms. The number of ketones is 1. The normalized spacial score (nSPS) is 17.0. The van der Waals surface area contributed by atoms with Gasteiger partial charge in [-0.15, -0.1) is 0 Å². The van der Waals surface area contributed by atoms with Gasteiger partial charge in [0.2, 0.25) is 5.91 Å². The first-order valence-electron chi connectivity index (χ1n) is 14.8. The Morgan fingerprint density at radius 1 is 0.907 bits per heavy atom. The number of carbonyl (C=O) groups excluding carboxylic acids is 2. The largest absolute Gasteiger partial charge is 0.493 e. The number of piperidine rings is 1. The summed E-state index contributed by atoms with van der Waals surface area (Å²) < 4.78 is 51.5. The van der Waals surface area contributed by atoms with Gasteiger partial charge in [0, 0.05) is 30.8 Å². The zero-order valence-corrected chi connectivity index (χ0v) is 24.8. The summed E-state index contributed by atoms with van der Waals surface area (Å²) in [5.41, 5.74) is 2.90. The lowest BCUT2D eigenvalue weighted by Gasteiger charge is -2.39. The van der Waals surface area contributed by atoms with E-state index in [0.29, 0.717) is 60.9 Å². The maximum Gasteiger partial charge on any atom is 0.416 e. The second kappa shape index (κ2) is 12.4. The summed E-state index contributed by atoms with van der Waals surface area (Å²) in [5.74, 6) is 1.26. The number of amides is 1. The van der Waals surface area contributed by atoms with Crippen LogP contribution in [0.3, 0.4) is 0 Å². The van der Waals surface area contributed by atoms with Crippen LogP contribution in [0, 0.1) is 5.41 Å². The Morgan fingerprint density at radius 2 is 1.49 bits per heavy atom. The Hall–Kier alpha value is -3.85. The van der Waals surface area contributed by atoms with Crippen LogP contribution < -0.4 is 14.4 Å². The standard InChI is InChI=1S/C34H37F3N2O4/c1-4-42-29-18-24(19-30(43-5-2)32(29)26-6-10-27(11-7-26)34(35,36)37)21-38-16-14-33(15-17-38)20-31(41)39(22-33)28-12-8-25(9-13-28)23(3)40/h6-13,18-19H,4-5,14-17,20-22H2,1-3H3. The van der Waals surface area contributed by atoms with Crippen molar-refractivity contribution in [2.75, 3.05) is 37.7 Å². The quantitative estimate of drug-likeness (QED) is 0.242. The predicted molar refractivity (Wildman–Crippen MR) is 160 cm³/mol. The lowest BCUT2D eigenvalue weighted by Crippen LogP contribution is -2.41. The number of nitrogens with zero attached hydrogens (tertiary/aromatic N) is 2. The Morgan fingerprint density at radius 3 is 2.00 bits per heavy atom. The highest BCUT2D eigenvalue weighted by Crippen LogP contribution is 2.44. The molecule has 0 saturated carbocycles. The summed E-state index contributed by atoms with van der Waals surface area (Å²) in [4.78, 5) is 28.9. The fourth-order valence-electron chi connectivity index (χ4n) is 6.17. The molecule has 0 N–H and O–H groups in total. The Labute approximate surface area is 250 Å². The van der Waals surface area contributed by atoms with E-state index in [2.05, 4.69) is 4.90 Å². The van der Waals surface area contributed by atoms with Gasteiger partial charge in [-0.3, -0.25) is 14.5 Å². The van der Waals surface area contributed by atoms with Gasteiger partial charge in [-0.05, 0) is 112 Å². The molecule has 5 rings (SSSR count). The summed E-state index contributed by atoms with van der Waals surface area (Å²) in [5, 5.41) is 0. The van der Waals surface area contributed by atoms with Crippen molar-refractivity contribution in [1.82, 2.24) is 4.90 Å². The maximum atomic E-state index is 13.2. The minimum absolute atomic E-state index is 0.000810. The molecule has 0 bridgehead atoms. The number of likely N-dealkylation sites (tertiary alicyclic amines) is 1. The number of rotatable bonds is 9. The molecule has 2 aliphatic heterocycles. The van der Waals surface area contributed by atoms with E-state index in [-0.39, 0.29) is 17.1 Å². The van der Waals surface area contributed by atoms with Gasteiger partial charge in [-0.1, -0.05) is 12.1 Å². The van der Waals surface area contributed by atoms with E-state index >= 15 is 0 Å². The lowest BCUT2D eigenvalue weighted by atomic mass is 9.77. The molecular formula is C34H37F3N2O4. The SMILES string of the molecule is CCOc1cc(CN2CCC3(CC2)CC(=O)N(c2ccc(C(C)=O)cc2)C3)cc(OCC)c1-c1ccc(C(F)(F)F)cc1. The number of hydrogen-bond acceptors (Lipinski definition) is 5. The van der Waals surface area contributed by atoms with Gasteiger partial charge in [0.25, 0.3) is 0 Å². The smallest absolute Gasteiger partial charge is 0.416 e. The molecule has 3 aromatic rings. The number of carbonyl (C=O) groups is 2. The number of hydrogen-bond donors (Lipinski definition) is 0. The van der Waals surface area contributed by atoms with Crippen molar-refractivity contribution in [2.24, 2.45) is 5.41 Å². The van der Waals surface area contributed by atoms with Crippen LogP contribution in [0.4, 0.5) is 18.9 Å². The highest BCUT2D eigenvalue weighted by molar-refractivity contribution is 5.98. The van der Waals surface area contributed by atoms with Crippen molar-refractivity contribution in [1.29, 1.82) is 0 Å². The van der Waals surface area contributed by atoms with Crippen LogP contribution in [0.1, 0.15) is 61.5 Å². The zero-order valence-electron chi connectivity index (χ0n) is 24.8. The first-order chi connectivity index (χ1) is 20.5. The van der Waals surface area contributed by atoms with Gasteiger partial charge in [-0.2, -0.15) is 13.2 Å². The third-order valence-electron chi connectivity index (χ3n) is 8.46. The average molecular weight is 595 g/mol. The van der Waals surface area contributed by atoms with E-state index in [1.54, 1.807) is 12.1 Å². The van der Waals surface area contributed by atoms with Crippen molar-refractivity contribution < 1.29 is 32.2 Å². The highest BCUT2D eigenvalue weighted by Gasteiger charge is 2.45. The fourth-order valence-corrected chi connectivity index (χ4v) is 6.17. The summed E-state index contributed by atoms with van der Waals surface area (Å²) in [7, 11) is 0. The van der Waals surface area contributed by atoms with E-state index in [9.17, 15) is 22.8 Å². The van der Waals surface area contributed by atoms with Crippen molar-refractivity contribution in [3.8, 4) is 22.6 Å². The molecule has 2 fully saturated rings. The number of halogens is 3. The molecule has 228 valence electrons. The van der Waals surface area contributed by atoms with Gasteiger partial charge < -0.3 is 14.4 Å². The Balaban J connectivity index is 1.30. The van der Waals surface area contributed by atoms with Crippen molar-refractivity contribution in [2.45, 2.75) is 52.8 Å². The lowest BCUT2D eigenvalue weighted by molar-refractivity contribution is -0.137. The van der Waals surface area contributed by atoms with Gasteiger partial charge >= 0.3 is 6.18 Å². The van der Waals surface area contributed by atoms with Gasteiger partial charge in [0.05, 0.1) is 24.3 Å². The average Bonchev–Trinajstić information content (AvgIpc) is 3.29. The van der Waals surface area contributed by atoms with Crippen LogP contribution in [0.25, 0.3) is 11.1 Å². The molecule has 0 unspecified atom stereocenters. The van der Waals surface area contributed by atoms with E-state index in [1.807, 2.05) is 43.0 Å². The number of alkyl halides is 3. The zero-order chi connectivity index (χ0) is 30.8. The molecule has 0 radical (unpaired) electrons. The van der Waals surface area contributed by atoms with Crippen LogP contribution in [-0.2, 0) is 17.5 Å². The molecule has 9 heteroatoms. The minimum Gasteiger partial charge on any atom is -0.493 e. The molecule has 6 nitrogen and oxygen atoms in total. The van der Waals surface area contributed by atoms with Crippen LogP contribution >= 0.6 is 0 Å². The summed E-state index contributed by atoms with van der Waals surface area (Å²) in [6.07, 6.45) is -2.12. The Kier molecular flexibility index (Phi) is 8.83.